The first-order valence-corrected chi connectivity index (χ1v) is 4.07. The van der Waals surface area contributed by atoms with Crippen molar-refractivity contribution >= 4 is 29.1 Å². The van der Waals surface area contributed by atoms with Crippen LogP contribution in [0.3, 0.4) is 0 Å². The lowest BCUT2D eigenvalue weighted by Crippen LogP contribution is -2.12. The number of amides is 1. The zero-order chi connectivity index (χ0) is 8.72. The fourth-order valence-electron chi connectivity index (χ4n) is 1.16. The van der Waals surface area contributed by atoms with Crippen LogP contribution in [-0.2, 0) is 6.54 Å². The van der Waals surface area contributed by atoms with E-state index in [4.69, 9.17) is 23.2 Å². The monoisotopic (exact) mass is 202 g/mol. The second-order valence-corrected chi connectivity index (χ2v) is 3.20. The van der Waals surface area contributed by atoms with Gasteiger partial charge in [0, 0.05) is 18.3 Å². The number of carbonyl (C=O) groups excluding carboxylic acids is 1. The summed E-state index contributed by atoms with van der Waals surface area (Å²) < 4.78 is 0. The van der Waals surface area contributed by atoms with Crippen molar-refractivity contribution in [1.82, 2.24) is 10.3 Å². The molecule has 0 unspecified atom stereocenters. The van der Waals surface area contributed by atoms with E-state index < -0.39 is 0 Å². The largest absolute Gasteiger partial charge is 0.348 e. The summed E-state index contributed by atoms with van der Waals surface area (Å²) in [7, 11) is 0. The van der Waals surface area contributed by atoms with E-state index >= 15 is 0 Å². The second kappa shape index (κ2) is 2.61. The number of hydrogen-bond donors (Lipinski definition) is 1. The number of rotatable bonds is 0. The molecule has 1 aliphatic rings. The van der Waals surface area contributed by atoms with Gasteiger partial charge in [0.15, 0.2) is 0 Å². The van der Waals surface area contributed by atoms with Gasteiger partial charge in [-0.2, -0.15) is 0 Å². The van der Waals surface area contributed by atoms with Gasteiger partial charge in [-0.15, -0.1) is 0 Å². The molecule has 2 heterocycles. The molecule has 5 heteroatoms. The van der Waals surface area contributed by atoms with Crippen molar-refractivity contribution in [2.24, 2.45) is 0 Å². The minimum absolute atomic E-state index is 0.204. The maximum absolute atomic E-state index is 11.1. The number of carbonyl (C=O) groups is 1. The molecule has 0 aromatic carbocycles. The fourth-order valence-corrected chi connectivity index (χ4v) is 1.62. The minimum Gasteiger partial charge on any atom is -0.348 e. The molecule has 1 aliphatic heterocycles. The van der Waals surface area contributed by atoms with E-state index in [0.29, 0.717) is 17.1 Å². The van der Waals surface area contributed by atoms with Crippen molar-refractivity contribution < 1.29 is 4.79 Å². The van der Waals surface area contributed by atoms with E-state index in [1.165, 1.54) is 6.20 Å². The summed E-state index contributed by atoms with van der Waals surface area (Å²) in [4.78, 5) is 14.9. The summed E-state index contributed by atoms with van der Waals surface area (Å²) in [6.07, 6.45) is 1.45. The second-order valence-electron chi connectivity index (χ2n) is 2.43. The molecule has 0 spiro atoms. The topological polar surface area (TPSA) is 42.0 Å². The Balaban J connectivity index is 2.72. The van der Waals surface area contributed by atoms with Crippen LogP contribution in [0.5, 0.6) is 0 Å². The summed E-state index contributed by atoms with van der Waals surface area (Å²) in [5.41, 5.74) is 1.14. The van der Waals surface area contributed by atoms with Crippen LogP contribution in [0.1, 0.15) is 15.9 Å². The van der Waals surface area contributed by atoms with Gasteiger partial charge in [-0.05, 0) is 0 Å². The quantitative estimate of drug-likeness (QED) is 0.651. The van der Waals surface area contributed by atoms with Gasteiger partial charge >= 0.3 is 0 Å². The lowest BCUT2D eigenvalue weighted by molar-refractivity contribution is 0.0965. The minimum atomic E-state index is -0.204. The number of fused-ring (bicyclic) bond motifs is 1. The Labute approximate surface area is 78.7 Å². The SMILES string of the molecule is O=C1NCc2c(Cl)cnc(Cl)c21. The van der Waals surface area contributed by atoms with Gasteiger partial charge < -0.3 is 5.32 Å². The third-order valence-electron chi connectivity index (χ3n) is 1.74. The Bertz CT molecular complexity index is 365. The third-order valence-corrected chi connectivity index (χ3v) is 2.35. The van der Waals surface area contributed by atoms with E-state index in [0.717, 1.165) is 5.56 Å². The van der Waals surface area contributed by atoms with E-state index in [2.05, 4.69) is 10.3 Å². The smallest absolute Gasteiger partial charge is 0.255 e. The van der Waals surface area contributed by atoms with E-state index in [1.807, 2.05) is 0 Å². The molecular weight excluding hydrogens is 199 g/mol. The summed E-state index contributed by atoms with van der Waals surface area (Å²) >= 11 is 11.5. The van der Waals surface area contributed by atoms with Crippen LogP contribution in [0.2, 0.25) is 10.2 Å². The van der Waals surface area contributed by atoms with Crippen LogP contribution < -0.4 is 5.32 Å². The van der Waals surface area contributed by atoms with Crippen LogP contribution >= 0.6 is 23.2 Å². The highest BCUT2D eigenvalue weighted by Gasteiger charge is 2.24. The Hall–Kier alpha value is -0.800. The molecule has 0 saturated carbocycles. The number of halogens is 2. The molecular formula is C7H4Cl2N2O. The van der Waals surface area contributed by atoms with Crippen molar-refractivity contribution in [1.29, 1.82) is 0 Å². The molecule has 0 bridgehead atoms. The summed E-state index contributed by atoms with van der Waals surface area (Å²) in [5, 5.41) is 3.31. The van der Waals surface area contributed by atoms with Crippen molar-refractivity contribution in [3.63, 3.8) is 0 Å². The van der Waals surface area contributed by atoms with E-state index in [1.54, 1.807) is 0 Å². The van der Waals surface area contributed by atoms with Crippen LogP contribution in [0, 0.1) is 0 Å². The van der Waals surface area contributed by atoms with Gasteiger partial charge in [-0.3, -0.25) is 4.79 Å². The highest BCUT2D eigenvalue weighted by atomic mass is 35.5. The summed E-state index contributed by atoms with van der Waals surface area (Å²) in [6, 6.07) is 0. The average Bonchev–Trinajstić information content (AvgIpc) is 2.42. The lowest BCUT2D eigenvalue weighted by Gasteiger charge is -1.98. The van der Waals surface area contributed by atoms with Crippen molar-refractivity contribution in [3.05, 3.63) is 27.5 Å². The Kier molecular flexibility index (Phi) is 1.70. The molecule has 0 atom stereocenters. The Morgan fingerprint density at radius 2 is 2.25 bits per heavy atom. The van der Waals surface area contributed by atoms with E-state index in [9.17, 15) is 4.79 Å². The number of hydrogen-bond acceptors (Lipinski definition) is 2. The van der Waals surface area contributed by atoms with Crippen molar-refractivity contribution in [2.45, 2.75) is 6.54 Å². The van der Waals surface area contributed by atoms with Gasteiger partial charge in [0.2, 0.25) is 0 Å². The van der Waals surface area contributed by atoms with Crippen LogP contribution in [0.15, 0.2) is 6.20 Å². The molecule has 0 radical (unpaired) electrons. The lowest BCUT2D eigenvalue weighted by atomic mass is 10.2. The predicted molar refractivity (Wildman–Crippen MR) is 45.4 cm³/mol. The van der Waals surface area contributed by atoms with Crippen molar-refractivity contribution in [3.8, 4) is 0 Å². The zero-order valence-electron chi connectivity index (χ0n) is 5.90. The zero-order valence-corrected chi connectivity index (χ0v) is 7.41. The van der Waals surface area contributed by atoms with E-state index in [-0.39, 0.29) is 11.1 Å². The van der Waals surface area contributed by atoms with Gasteiger partial charge in [-0.25, -0.2) is 4.98 Å². The molecule has 3 nitrogen and oxygen atoms in total. The molecule has 12 heavy (non-hydrogen) atoms. The summed E-state index contributed by atoms with van der Waals surface area (Å²) in [5.74, 6) is -0.204. The van der Waals surface area contributed by atoms with Crippen LogP contribution in [0.4, 0.5) is 0 Å². The predicted octanol–water partition coefficient (Wildman–Crippen LogP) is 1.63. The molecule has 1 N–H and O–H groups in total. The van der Waals surface area contributed by atoms with Gasteiger partial charge in [0.05, 0.1) is 10.6 Å². The molecule has 1 amide bonds. The Morgan fingerprint density at radius 3 is 2.92 bits per heavy atom. The molecule has 1 aromatic rings. The Morgan fingerprint density at radius 1 is 1.50 bits per heavy atom. The molecule has 2 rings (SSSR count). The number of aromatic nitrogens is 1. The van der Waals surface area contributed by atoms with Crippen LogP contribution in [-0.4, -0.2) is 10.9 Å². The highest BCUT2D eigenvalue weighted by molar-refractivity contribution is 6.35. The molecule has 1 aromatic heterocycles. The standard InChI is InChI=1S/C7H4Cl2N2O/c8-4-2-10-6(9)5-3(4)1-11-7(5)12/h2H,1H2,(H,11,12). The number of nitrogens with zero attached hydrogens (tertiary/aromatic N) is 1. The number of nitrogens with one attached hydrogen (secondary N) is 1. The maximum atomic E-state index is 11.1. The van der Waals surface area contributed by atoms with Crippen molar-refractivity contribution in [2.75, 3.05) is 0 Å². The molecule has 0 saturated heterocycles. The fraction of sp³-hybridized carbons (Fsp3) is 0.143. The van der Waals surface area contributed by atoms with Gasteiger partial charge in [-0.1, -0.05) is 23.2 Å². The highest BCUT2D eigenvalue weighted by Crippen LogP contribution is 2.27. The summed E-state index contributed by atoms with van der Waals surface area (Å²) in [6.45, 7) is 0.440. The van der Waals surface area contributed by atoms with Gasteiger partial charge in [0.25, 0.3) is 5.91 Å². The average molecular weight is 203 g/mol. The first-order chi connectivity index (χ1) is 5.70. The first-order valence-electron chi connectivity index (χ1n) is 3.31. The molecule has 0 fully saturated rings. The number of pyridine rings is 1. The normalized spacial score (nSPS) is 14.3. The van der Waals surface area contributed by atoms with Gasteiger partial charge in [0.1, 0.15) is 5.15 Å². The molecule has 62 valence electrons. The third kappa shape index (κ3) is 0.974. The first kappa shape index (κ1) is 7.83. The van der Waals surface area contributed by atoms with Crippen LogP contribution in [0.25, 0.3) is 0 Å². The maximum Gasteiger partial charge on any atom is 0.255 e. The molecule has 0 aliphatic carbocycles.